The predicted molar refractivity (Wildman–Crippen MR) is 114 cm³/mol. The number of ketones is 1. The van der Waals surface area contributed by atoms with Crippen molar-refractivity contribution in [1.29, 1.82) is 0 Å². The molecule has 0 aliphatic heterocycles. The molecule has 5 heteroatoms. The van der Waals surface area contributed by atoms with Crippen LogP contribution in [0.5, 0.6) is 0 Å². The number of para-hydroxylation sites is 2. The number of nitrogens with one attached hydrogen (secondary N) is 1. The van der Waals surface area contributed by atoms with Gasteiger partial charge in [-0.15, -0.1) is 0 Å². The largest absolute Gasteiger partial charge is 0.455 e. The summed E-state index contributed by atoms with van der Waals surface area (Å²) in [6.45, 7) is 2.50. The number of hydrogen-bond acceptors (Lipinski definition) is 4. The highest BCUT2D eigenvalue weighted by molar-refractivity contribution is 6.08. The van der Waals surface area contributed by atoms with E-state index in [1.807, 2.05) is 49.5 Å². The van der Waals surface area contributed by atoms with Gasteiger partial charge in [0, 0.05) is 32.0 Å². The number of anilines is 2. The van der Waals surface area contributed by atoms with Crippen LogP contribution in [0, 0.1) is 6.92 Å². The number of benzene rings is 2. The lowest BCUT2D eigenvalue weighted by Gasteiger charge is -2.22. The third kappa shape index (κ3) is 3.81. The molecule has 1 aromatic heterocycles. The van der Waals surface area contributed by atoms with Gasteiger partial charge in [0.05, 0.1) is 16.9 Å². The summed E-state index contributed by atoms with van der Waals surface area (Å²) in [5.74, 6) is 0.601. The lowest BCUT2D eigenvalue weighted by atomic mass is 9.94. The predicted octanol–water partition coefficient (Wildman–Crippen LogP) is 5.00. The molecule has 2 aromatic carbocycles. The van der Waals surface area contributed by atoms with E-state index in [1.165, 1.54) is 5.56 Å². The molecule has 0 saturated heterocycles. The van der Waals surface area contributed by atoms with Gasteiger partial charge in [-0.05, 0) is 31.0 Å². The SMILES string of the molecule is Cc1c(C(=O)Nc2ccccc2N(C)Cc2ccccc2)oc2c1C(=O)CCC2. The van der Waals surface area contributed by atoms with Gasteiger partial charge in [-0.3, -0.25) is 9.59 Å². The average molecular weight is 388 g/mol. The second kappa shape index (κ2) is 7.95. The minimum Gasteiger partial charge on any atom is -0.455 e. The van der Waals surface area contributed by atoms with Gasteiger partial charge >= 0.3 is 0 Å². The first kappa shape index (κ1) is 19.0. The molecule has 0 radical (unpaired) electrons. The van der Waals surface area contributed by atoms with Gasteiger partial charge in [0.1, 0.15) is 5.76 Å². The van der Waals surface area contributed by atoms with Crippen molar-refractivity contribution in [1.82, 2.24) is 0 Å². The third-order valence-corrected chi connectivity index (χ3v) is 5.34. The molecular weight excluding hydrogens is 364 g/mol. The fraction of sp³-hybridized carbons (Fsp3) is 0.250. The number of aryl methyl sites for hydroxylation is 1. The topological polar surface area (TPSA) is 62.6 Å². The molecule has 1 amide bonds. The maximum Gasteiger partial charge on any atom is 0.291 e. The number of Topliss-reactive ketones (excluding diaryl/α,β-unsaturated/α-hetero) is 1. The Kier molecular flexibility index (Phi) is 5.21. The van der Waals surface area contributed by atoms with Crippen molar-refractivity contribution in [2.75, 3.05) is 17.3 Å². The first-order chi connectivity index (χ1) is 14.0. The Labute approximate surface area is 170 Å². The quantitative estimate of drug-likeness (QED) is 0.668. The second-order valence-corrected chi connectivity index (χ2v) is 7.44. The van der Waals surface area contributed by atoms with Crippen LogP contribution < -0.4 is 10.2 Å². The second-order valence-electron chi connectivity index (χ2n) is 7.44. The van der Waals surface area contributed by atoms with Gasteiger partial charge in [0.15, 0.2) is 11.5 Å². The van der Waals surface area contributed by atoms with E-state index >= 15 is 0 Å². The minimum atomic E-state index is -0.328. The summed E-state index contributed by atoms with van der Waals surface area (Å²) < 4.78 is 5.79. The van der Waals surface area contributed by atoms with E-state index in [1.54, 1.807) is 6.92 Å². The number of carbonyl (C=O) groups excluding carboxylic acids is 2. The van der Waals surface area contributed by atoms with E-state index in [9.17, 15) is 9.59 Å². The summed E-state index contributed by atoms with van der Waals surface area (Å²) in [6, 6.07) is 17.9. The Morgan fingerprint density at radius 1 is 1.07 bits per heavy atom. The van der Waals surface area contributed by atoms with Gasteiger partial charge < -0.3 is 14.6 Å². The molecular formula is C24H24N2O3. The molecule has 0 bridgehead atoms. The van der Waals surface area contributed by atoms with Crippen molar-refractivity contribution in [3.05, 3.63) is 82.8 Å². The number of rotatable bonds is 5. The van der Waals surface area contributed by atoms with Gasteiger partial charge in [-0.2, -0.15) is 0 Å². The summed E-state index contributed by atoms with van der Waals surface area (Å²) in [5.41, 5.74) is 4.03. The summed E-state index contributed by atoms with van der Waals surface area (Å²) in [4.78, 5) is 27.3. The first-order valence-corrected chi connectivity index (χ1v) is 9.85. The Bertz CT molecular complexity index is 1050. The number of amides is 1. The molecule has 3 aromatic rings. The van der Waals surface area contributed by atoms with Crippen molar-refractivity contribution in [3.8, 4) is 0 Å². The van der Waals surface area contributed by atoms with Crippen LogP contribution in [0.4, 0.5) is 11.4 Å². The molecule has 29 heavy (non-hydrogen) atoms. The van der Waals surface area contributed by atoms with Crippen LogP contribution in [0.3, 0.4) is 0 Å². The Morgan fingerprint density at radius 3 is 2.55 bits per heavy atom. The Morgan fingerprint density at radius 2 is 1.79 bits per heavy atom. The average Bonchev–Trinajstić information content (AvgIpc) is 3.07. The third-order valence-electron chi connectivity index (χ3n) is 5.34. The van der Waals surface area contributed by atoms with Crippen LogP contribution in [0.15, 0.2) is 59.0 Å². The molecule has 5 nitrogen and oxygen atoms in total. The van der Waals surface area contributed by atoms with Crippen LogP contribution in [0.25, 0.3) is 0 Å². The number of hydrogen-bond donors (Lipinski definition) is 1. The van der Waals surface area contributed by atoms with Crippen molar-refractivity contribution in [3.63, 3.8) is 0 Å². The van der Waals surface area contributed by atoms with E-state index in [0.717, 1.165) is 18.7 Å². The van der Waals surface area contributed by atoms with E-state index < -0.39 is 0 Å². The standard InChI is InChI=1S/C24H24N2O3/c1-16-22-20(27)13-8-14-21(22)29-23(16)24(28)25-18-11-6-7-12-19(18)26(2)15-17-9-4-3-5-10-17/h3-7,9-12H,8,13-15H2,1-2H3,(H,25,28). The molecule has 4 rings (SSSR count). The highest BCUT2D eigenvalue weighted by Gasteiger charge is 2.29. The van der Waals surface area contributed by atoms with E-state index in [-0.39, 0.29) is 17.5 Å². The zero-order valence-corrected chi connectivity index (χ0v) is 16.7. The lowest BCUT2D eigenvalue weighted by molar-refractivity contribution is 0.0963. The van der Waals surface area contributed by atoms with Crippen LogP contribution in [0.1, 0.15) is 50.6 Å². The molecule has 0 spiro atoms. The fourth-order valence-electron chi connectivity index (χ4n) is 3.90. The highest BCUT2D eigenvalue weighted by atomic mass is 16.4. The maximum absolute atomic E-state index is 13.0. The van der Waals surface area contributed by atoms with Gasteiger partial charge in [0.25, 0.3) is 5.91 Å². The summed E-state index contributed by atoms with van der Waals surface area (Å²) in [6.07, 6.45) is 1.99. The number of fused-ring (bicyclic) bond motifs is 1. The molecule has 1 N–H and O–H groups in total. The first-order valence-electron chi connectivity index (χ1n) is 9.85. The number of furan rings is 1. The normalized spacial score (nSPS) is 13.1. The number of carbonyl (C=O) groups is 2. The van der Waals surface area contributed by atoms with E-state index in [0.29, 0.717) is 35.4 Å². The maximum atomic E-state index is 13.0. The van der Waals surface area contributed by atoms with Crippen molar-refractivity contribution in [2.24, 2.45) is 0 Å². The monoisotopic (exact) mass is 388 g/mol. The fourth-order valence-corrected chi connectivity index (χ4v) is 3.90. The lowest BCUT2D eigenvalue weighted by Crippen LogP contribution is -2.20. The van der Waals surface area contributed by atoms with Crippen LogP contribution in [0.2, 0.25) is 0 Å². The molecule has 0 unspecified atom stereocenters. The van der Waals surface area contributed by atoms with Crippen LogP contribution in [-0.4, -0.2) is 18.7 Å². The molecule has 0 fully saturated rings. The smallest absolute Gasteiger partial charge is 0.291 e. The van der Waals surface area contributed by atoms with Crippen LogP contribution >= 0.6 is 0 Å². The summed E-state index contributed by atoms with van der Waals surface area (Å²) in [7, 11) is 1.99. The summed E-state index contributed by atoms with van der Waals surface area (Å²) >= 11 is 0. The zero-order chi connectivity index (χ0) is 20.4. The van der Waals surface area contributed by atoms with E-state index in [2.05, 4.69) is 22.3 Å². The molecule has 1 aliphatic carbocycles. The molecule has 1 aliphatic rings. The molecule has 148 valence electrons. The Hall–Kier alpha value is -3.34. The number of nitrogens with zero attached hydrogens (tertiary/aromatic N) is 1. The Balaban J connectivity index is 1.58. The zero-order valence-electron chi connectivity index (χ0n) is 16.7. The summed E-state index contributed by atoms with van der Waals surface area (Å²) in [5, 5.41) is 2.97. The van der Waals surface area contributed by atoms with Gasteiger partial charge in [0.2, 0.25) is 0 Å². The van der Waals surface area contributed by atoms with Gasteiger partial charge in [-0.1, -0.05) is 42.5 Å². The van der Waals surface area contributed by atoms with Crippen molar-refractivity contribution >= 4 is 23.1 Å². The minimum absolute atomic E-state index is 0.0644. The van der Waals surface area contributed by atoms with Crippen molar-refractivity contribution in [2.45, 2.75) is 32.7 Å². The highest BCUT2D eigenvalue weighted by Crippen LogP contribution is 2.31. The molecule has 0 atom stereocenters. The van der Waals surface area contributed by atoms with Gasteiger partial charge in [-0.25, -0.2) is 0 Å². The molecule has 0 saturated carbocycles. The van der Waals surface area contributed by atoms with E-state index in [4.69, 9.17) is 4.42 Å². The van der Waals surface area contributed by atoms with Crippen molar-refractivity contribution < 1.29 is 14.0 Å². The van der Waals surface area contributed by atoms with Crippen LogP contribution in [-0.2, 0) is 13.0 Å². The molecule has 1 heterocycles.